The van der Waals surface area contributed by atoms with Gasteiger partial charge in [-0.1, -0.05) is 48.6 Å². The summed E-state index contributed by atoms with van der Waals surface area (Å²) in [4.78, 5) is 0. The molecule has 1 aliphatic rings. The van der Waals surface area contributed by atoms with Crippen molar-refractivity contribution in [3.63, 3.8) is 0 Å². The first-order chi connectivity index (χ1) is 9.09. The van der Waals surface area contributed by atoms with E-state index in [2.05, 4.69) is 76.3 Å². The monoisotopic (exact) mass is 250 g/mol. The molecule has 0 atom stereocenters. The van der Waals surface area contributed by atoms with E-state index in [1.807, 2.05) is 0 Å². The van der Waals surface area contributed by atoms with Gasteiger partial charge in [0.25, 0.3) is 0 Å². The molecule has 19 heavy (non-hydrogen) atoms. The molecule has 0 nitrogen and oxygen atoms in total. The molecule has 0 aromatic heterocycles. The van der Waals surface area contributed by atoms with Crippen molar-refractivity contribution in [2.45, 2.75) is 34.1 Å². The highest BCUT2D eigenvalue weighted by Crippen LogP contribution is 2.25. The van der Waals surface area contributed by atoms with Gasteiger partial charge in [0.2, 0.25) is 0 Å². The Morgan fingerprint density at radius 3 is 2.53 bits per heavy atom. The van der Waals surface area contributed by atoms with Crippen molar-refractivity contribution in [1.29, 1.82) is 0 Å². The Morgan fingerprint density at radius 2 is 1.84 bits per heavy atom. The van der Waals surface area contributed by atoms with E-state index < -0.39 is 0 Å². The summed E-state index contributed by atoms with van der Waals surface area (Å²) in [6.07, 6.45) is 10.1. The van der Waals surface area contributed by atoms with Crippen LogP contribution in [0.25, 0.3) is 5.57 Å². The standard InChI is InChI=1S/C19H22/c1-14-9-5-7-11-18(14)16(3)13-17(4)19-12-8-6-10-15(19)2/h5,7-13H,6H2,1-4H3. The third kappa shape index (κ3) is 3.14. The molecule has 0 saturated carbocycles. The minimum atomic E-state index is 1.06. The molecule has 2 rings (SSSR count). The quantitative estimate of drug-likeness (QED) is 0.639. The molecule has 0 heteroatoms. The summed E-state index contributed by atoms with van der Waals surface area (Å²) < 4.78 is 0. The summed E-state index contributed by atoms with van der Waals surface area (Å²) in [5.41, 5.74) is 8.08. The molecule has 1 aromatic rings. The summed E-state index contributed by atoms with van der Waals surface area (Å²) >= 11 is 0. The summed E-state index contributed by atoms with van der Waals surface area (Å²) in [6.45, 7) is 8.75. The molecule has 1 aromatic carbocycles. The fourth-order valence-corrected chi connectivity index (χ4v) is 2.61. The van der Waals surface area contributed by atoms with E-state index in [9.17, 15) is 0 Å². The SMILES string of the molecule is CC1=CCC=CC1=C(C)C=C(C)c1ccccc1C. The second-order valence-electron chi connectivity index (χ2n) is 5.26. The van der Waals surface area contributed by atoms with Crippen molar-refractivity contribution in [2.24, 2.45) is 0 Å². The first kappa shape index (κ1) is 13.6. The van der Waals surface area contributed by atoms with Crippen LogP contribution in [-0.4, -0.2) is 0 Å². The molecule has 1 aliphatic carbocycles. The number of hydrogen-bond donors (Lipinski definition) is 0. The van der Waals surface area contributed by atoms with Gasteiger partial charge in [-0.05, 0) is 67.5 Å². The molecule has 0 unspecified atom stereocenters. The summed E-state index contributed by atoms with van der Waals surface area (Å²) in [6, 6.07) is 8.56. The highest BCUT2D eigenvalue weighted by molar-refractivity contribution is 5.69. The van der Waals surface area contributed by atoms with Crippen LogP contribution in [0.4, 0.5) is 0 Å². The molecule has 0 radical (unpaired) electrons. The lowest BCUT2D eigenvalue weighted by molar-refractivity contribution is 1.22. The minimum Gasteiger partial charge on any atom is -0.0801 e. The van der Waals surface area contributed by atoms with Crippen molar-refractivity contribution in [2.75, 3.05) is 0 Å². The summed E-state index contributed by atoms with van der Waals surface area (Å²) in [5, 5.41) is 0. The van der Waals surface area contributed by atoms with Gasteiger partial charge in [-0.2, -0.15) is 0 Å². The van der Waals surface area contributed by atoms with Gasteiger partial charge in [0.1, 0.15) is 0 Å². The molecule has 0 aliphatic heterocycles. The van der Waals surface area contributed by atoms with Crippen LogP contribution in [-0.2, 0) is 0 Å². The van der Waals surface area contributed by atoms with Crippen LogP contribution in [0.1, 0.15) is 38.3 Å². The minimum absolute atomic E-state index is 1.06. The molecule has 0 heterocycles. The highest BCUT2D eigenvalue weighted by atomic mass is 14.1. The zero-order chi connectivity index (χ0) is 13.8. The predicted molar refractivity (Wildman–Crippen MR) is 85.0 cm³/mol. The number of allylic oxidation sites excluding steroid dienone is 8. The Hall–Kier alpha value is -1.82. The molecule has 0 spiro atoms. The Morgan fingerprint density at radius 1 is 1.11 bits per heavy atom. The predicted octanol–water partition coefficient (Wildman–Crippen LogP) is 5.62. The molecule has 0 amide bonds. The zero-order valence-electron chi connectivity index (χ0n) is 12.3. The van der Waals surface area contributed by atoms with E-state index in [1.54, 1.807) is 0 Å². The van der Waals surface area contributed by atoms with Gasteiger partial charge in [-0.25, -0.2) is 0 Å². The van der Waals surface area contributed by atoms with Crippen LogP contribution in [0.3, 0.4) is 0 Å². The average molecular weight is 250 g/mol. The van der Waals surface area contributed by atoms with E-state index in [4.69, 9.17) is 0 Å². The summed E-state index contributed by atoms with van der Waals surface area (Å²) in [7, 11) is 0. The van der Waals surface area contributed by atoms with Crippen LogP contribution in [0.15, 0.2) is 65.3 Å². The summed E-state index contributed by atoms with van der Waals surface area (Å²) in [5.74, 6) is 0. The maximum absolute atomic E-state index is 2.30. The Bertz CT molecular complexity index is 592. The number of rotatable bonds is 2. The van der Waals surface area contributed by atoms with Crippen molar-refractivity contribution < 1.29 is 0 Å². The Kier molecular flexibility index (Phi) is 4.21. The van der Waals surface area contributed by atoms with Crippen molar-refractivity contribution in [1.82, 2.24) is 0 Å². The third-order valence-electron chi connectivity index (χ3n) is 3.70. The molecule has 0 bridgehead atoms. The average Bonchev–Trinajstić information content (AvgIpc) is 2.39. The van der Waals surface area contributed by atoms with Crippen LogP contribution >= 0.6 is 0 Å². The van der Waals surface area contributed by atoms with Crippen LogP contribution < -0.4 is 0 Å². The first-order valence-corrected chi connectivity index (χ1v) is 6.88. The molecular formula is C19H22. The Balaban J connectivity index is 2.39. The fraction of sp³-hybridized carbons (Fsp3) is 0.263. The molecule has 98 valence electrons. The van der Waals surface area contributed by atoms with Crippen molar-refractivity contribution >= 4 is 5.57 Å². The maximum atomic E-state index is 2.30. The smallest absolute Gasteiger partial charge is 0.0160 e. The lowest BCUT2D eigenvalue weighted by Crippen LogP contribution is -1.92. The fourth-order valence-electron chi connectivity index (χ4n) is 2.61. The number of hydrogen-bond acceptors (Lipinski definition) is 0. The highest BCUT2D eigenvalue weighted by Gasteiger charge is 2.05. The third-order valence-corrected chi connectivity index (χ3v) is 3.70. The Labute approximate surface area is 116 Å². The van der Waals surface area contributed by atoms with Crippen molar-refractivity contribution in [3.8, 4) is 0 Å². The van der Waals surface area contributed by atoms with Crippen LogP contribution in [0, 0.1) is 6.92 Å². The van der Waals surface area contributed by atoms with Gasteiger partial charge in [-0.15, -0.1) is 0 Å². The molecule has 0 N–H and O–H groups in total. The maximum Gasteiger partial charge on any atom is -0.0160 e. The molecular weight excluding hydrogens is 228 g/mol. The van der Waals surface area contributed by atoms with E-state index >= 15 is 0 Å². The van der Waals surface area contributed by atoms with E-state index in [0.717, 1.165) is 6.42 Å². The van der Waals surface area contributed by atoms with Crippen molar-refractivity contribution in [3.05, 3.63) is 76.4 Å². The van der Waals surface area contributed by atoms with Gasteiger partial charge < -0.3 is 0 Å². The first-order valence-electron chi connectivity index (χ1n) is 6.88. The largest absolute Gasteiger partial charge is 0.0801 e. The topological polar surface area (TPSA) is 0 Å². The zero-order valence-corrected chi connectivity index (χ0v) is 12.3. The second kappa shape index (κ2) is 5.88. The number of aryl methyl sites for hydroxylation is 1. The van der Waals surface area contributed by atoms with E-state index in [1.165, 1.54) is 33.4 Å². The van der Waals surface area contributed by atoms with Gasteiger partial charge in [0.05, 0.1) is 0 Å². The van der Waals surface area contributed by atoms with Gasteiger partial charge in [0, 0.05) is 0 Å². The van der Waals surface area contributed by atoms with Gasteiger partial charge in [0.15, 0.2) is 0 Å². The molecule has 0 saturated heterocycles. The lowest BCUT2D eigenvalue weighted by atomic mass is 9.94. The van der Waals surface area contributed by atoms with Crippen LogP contribution in [0.2, 0.25) is 0 Å². The molecule has 0 fully saturated rings. The van der Waals surface area contributed by atoms with Gasteiger partial charge >= 0.3 is 0 Å². The number of benzene rings is 1. The van der Waals surface area contributed by atoms with E-state index in [0.29, 0.717) is 0 Å². The lowest BCUT2D eigenvalue weighted by Gasteiger charge is -2.12. The second-order valence-corrected chi connectivity index (χ2v) is 5.26. The van der Waals surface area contributed by atoms with Gasteiger partial charge in [-0.3, -0.25) is 0 Å². The van der Waals surface area contributed by atoms with E-state index in [-0.39, 0.29) is 0 Å². The normalized spacial score (nSPS) is 18.3. The van der Waals surface area contributed by atoms with Crippen LogP contribution in [0.5, 0.6) is 0 Å².